The van der Waals surface area contributed by atoms with Crippen LogP contribution in [0.15, 0.2) is 0 Å². The molecule has 0 saturated carbocycles. The van der Waals surface area contributed by atoms with Gasteiger partial charge in [0.15, 0.2) is 0 Å². The van der Waals surface area contributed by atoms with Gasteiger partial charge >= 0.3 is 0 Å². The number of piperidine rings is 2. The second-order valence-electron chi connectivity index (χ2n) is 7.26. The lowest BCUT2D eigenvalue weighted by molar-refractivity contribution is 0.0186. The molecule has 0 spiro atoms. The molecule has 3 heteroatoms. The van der Waals surface area contributed by atoms with Gasteiger partial charge in [0.05, 0.1) is 0 Å². The van der Waals surface area contributed by atoms with Crippen molar-refractivity contribution >= 4 is 0 Å². The zero-order valence-corrected chi connectivity index (χ0v) is 14.8. The van der Waals surface area contributed by atoms with Crippen molar-refractivity contribution in [3.8, 4) is 0 Å². The maximum atomic E-state index is 3.76. The Hall–Kier alpha value is -0.120. The van der Waals surface area contributed by atoms with Crippen LogP contribution in [-0.4, -0.2) is 60.6 Å². The second-order valence-corrected chi connectivity index (χ2v) is 7.26. The van der Waals surface area contributed by atoms with Crippen LogP contribution >= 0.6 is 0 Å². The van der Waals surface area contributed by atoms with Crippen LogP contribution in [0.2, 0.25) is 0 Å². The van der Waals surface area contributed by atoms with Crippen molar-refractivity contribution < 1.29 is 0 Å². The molecule has 2 saturated heterocycles. The summed E-state index contributed by atoms with van der Waals surface area (Å²) in [4.78, 5) is 5.48. The topological polar surface area (TPSA) is 18.5 Å². The average Bonchev–Trinajstić information content (AvgIpc) is 2.50. The highest BCUT2D eigenvalue weighted by atomic mass is 15.2. The van der Waals surface area contributed by atoms with Gasteiger partial charge in [-0.3, -0.25) is 4.90 Å². The number of hydrogen-bond acceptors (Lipinski definition) is 3. The average molecular weight is 296 g/mol. The van der Waals surface area contributed by atoms with Crippen molar-refractivity contribution in [3.63, 3.8) is 0 Å². The fourth-order valence-electron chi connectivity index (χ4n) is 4.32. The quantitative estimate of drug-likeness (QED) is 0.813. The lowest BCUT2D eigenvalue weighted by Crippen LogP contribution is -2.58. The summed E-state index contributed by atoms with van der Waals surface area (Å²) in [6.45, 7) is 15.9. The van der Waals surface area contributed by atoms with Crippen LogP contribution in [-0.2, 0) is 0 Å². The Morgan fingerprint density at radius 3 is 2.29 bits per heavy atom. The fourth-order valence-corrected chi connectivity index (χ4v) is 4.32. The largest absolute Gasteiger partial charge is 0.314 e. The van der Waals surface area contributed by atoms with E-state index in [1.54, 1.807) is 0 Å². The molecule has 1 N–H and O–H groups in total. The lowest BCUT2D eigenvalue weighted by atomic mass is 9.84. The molecule has 124 valence electrons. The summed E-state index contributed by atoms with van der Waals surface area (Å²) in [6, 6.07) is 2.30. The molecule has 0 aromatic carbocycles. The molecule has 2 fully saturated rings. The van der Waals surface area contributed by atoms with E-state index in [1.165, 1.54) is 64.8 Å². The molecule has 3 unspecified atom stereocenters. The molecule has 0 aliphatic carbocycles. The molecule has 0 aromatic rings. The summed E-state index contributed by atoms with van der Waals surface area (Å²) in [7, 11) is 0. The molecule has 0 radical (unpaired) electrons. The van der Waals surface area contributed by atoms with Gasteiger partial charge in [0, 0.05) is 24.7 Å². The Balaban J connectivity index is 1.82. The van der Waals surface area contributed by atoms with E-state index in [0.29, 0.717) is 0 Å². The van der Waals surface area contributed by atoms with Crippen LogP contribution < -0.4 is 5.32 Å². The molecular weight excluding hydrogens is 258 g/mol. The van der Waals surface area contributed by atoms with Crippen LogP contribution in [0.1, 0.15) is 59.8 Å². The second kappa shape index (κ2) is 8.50. The molecule has 3 atom stereocenters. The summed E-state index contributed by atoms with van der Waals surface area (Å²) in [6.07, 6.45) is 6.64. The van der Waals surface area contributed by atoms with Gasteiger partial charge in [-0.05, 0) is 71.1 Å². The first-order chi connectivity index (χ1) is 10.2. The van der Waals surface area contributed by atoms with Gasteiger partial charge in [0.1, 0.15) is 0 Å². The zero-order chi connectivity index (χ0) is 15.2. The van der Waals surface area contributed by atoms with Gasteiger partial charge in [-0.2, -0.15) is 0 Å². The molecule has 0 aromatic heterocycles. The highest BCUT2D eigenvalue weighted by Gasteiger charge is 2.36. The van der Waals surface area contributed by atoms with Gasteiger partial charge in [-0.1, -0.05) is 20.8 Å². The Morgan fingerprint density at radius 2 is 1.67 bits per heavy atom. The summed E-state index contributed by atoms with van der Waals surface area (Å²) in [5.74, 6) is 0.777. The first-order valence-corrected chi connectivity index (χ1v) is 9.38. The standard InChI is InChI=1S/C18H37N3/c1-5-10-19-18-9-14-21(16(4)15(18)3)17-7-12-20(11-6-2)13-8-17/h15-19H,5-14H2,1-4H3. The van der Waals surface area contributed by atoms with Crippen molar-refractivity contribution in [2.45, 2.75) is 77.9 Å². The van der Waals surface area contributed by atoms with E-state index in [4.69, 9.17) is 0 Å². The molecule has 2 aliphatic rings. The van der Waals surface area contributed by atoms with E-state index in [2.05, 4.69) is 42.8 Å². The molecular formula is C18H37N3. The molecule has 2 aliphatic heterocycles. The van der Waals surface area contributed by atoms with Crippen LogP contribution in [0.25, 0.3) is 0 Å². The number of likely N-dealkylation sites (tertiary alicyclic amines) is 2. The van der Waals surface area contributed by atoms with E-state index >= 15 is 0 Å². The van der Waals surface area contributed by atoms with E-state index in [9.17, 15) is 0 Å². The van der Waals surface area contributed by atoms with E-state index in [1.807, 2.05) is 0 Å². The third kappa shape index (κ3) is 4.43. The first-order valence-electron chi connectivity index (χ1n) is 9.38. The van der Waals surface area contributed by atoms with Crippen molar-refractivity contribution in [2.24, 2.45) is 5.92 Å². The highest BCUT2D eigenvalue weighted by Crippen LogP contribution is 2.29. The van der Waals surface area contributed by atoms with Crippen molar-refractivity contribution in [3.05, 3.63) is 0 Å². The predicted molar refractivity (Wildman–Crippen MR) is 91.8 cm³/mol. The number of hydrogen-bond donors (Lipinski definition) is 1. The minimum atomic E-state index is 0.732. The summed E-state index contributed by atoms with van der Waals surface area (Å²) < 4.78 is 0. The monoisotopic (exact) mass is 295 g/mol. The Kier molecular flexibility index (Phi) is 6.97. The highest BCUT2D eigenvalue weighted by molar-refractivity contribution is 4.93. The molecule has 2 rings (SSSR count). The summed E-state index contributed by atoms with van der Waals surface area (Å²) in [5, 5.41) is 3.76. The third-order valence-corrected chi connectivity index (χ3v) is 5.84. The summed E-state index contributed by atoms with van der Waals surface area (Å²) in [5.41, 5.74) is 0. The molecule has 0 amide bonds. The van der Waals surface area contributed by atoms with Crippen molar-refractivity contribution in [1.29, 1.82) is 0 Å². The van der Waals surface area contributed by atoms with Gasteiger partial charge in [-0.25, -0.2) is 0 Å². The Bertz CT molecular complexity index is 284. The summed E-state index contributed by atoms with van der Waals surface area (Å²) >= 11 is 0. The minimum Gasteiger partial charge on any atom is -0.314 e. The number of nitrogens with zero attached hydrogens (tertiary/aromatic N) is 2. The van der Waals surface area contributed by atoms with E-state index in [-0.39, 0.29) is 0 Å². The van der Waals surface area contributed by atoms with Crippen LogP contribution in [0, 0.1) is 5.92 Å². The van der Waals surface area contributed by atoms with E-state index < -0.39 is 0 Å². The smallest absolute Gasteiger partial charge is 0.0123 e. The maximum absolute atomic E-state index is 3.76. The van der Waals surface area contributed by atoms with Gasteiger partial charge in [-0.15, -0.1) is 0 Å². The SMILES string of the molecule is CCCNC1CCN(C2CCN(CCC)CC2)C(C)C1C. The van der Waals surface area contributed by atoms with Gasteiger partial charge in [0.25, 0.3) is 0 Å². The van der Waals surface area contributed by atoms with Crippen LogP contribution in [0.5, 0.6) is 0 Å². The lowest BCUT2D eigenvalue weighted by Gasteiger charge is -2.48. The molecule has 21 heavy (non-hydrogen) atoms. The van der Waals surface area contributed by atoms with E-state index in [0.717, 1.165) is 24.0 Å². The Morgan fingerprint density at radius 1 is 0.952 bits per heavy atom. The normalized spacial score (nSPS) is 33.4. The third-order valence-electron chi connectivity index (χ3n) is 5.84. The fraction of sp³-hybridized carbons (Fsp3) is 1.00. The molecule has 3 nitrogen and oxygen atoms in total. The first kappa shape index (κ1) is 17.2. The van der Waals surface area contributed by atoms with Gasteiger partial charge < -0.3 is 10.2 Å². The molecule has 2 heterocycles. The predicted octanol–water partition coefficient (Wildman–Crippen LogP) is 2.96. The van der Waals surface area contributed by atoms with Crippen molar-refractivity contribution in [2.75, 3.05) is 32.7 Å². The number of rotatable bonds is 6. The number of nitrogens with one attached hydrogen (secondary N) is 1. The van der Waals surface area contributed by atoms with Crippen LogP contribution in [0.3, 0.4) is 0 Å². The Labute approximate surface area is 132 Å². The van der Waals surface area contributed by atoms with Crippen LogP contribution in [0.4, 0.5) is 0 Å². The minimum absolute atomic E-state index is 0.732. The molecule has 0 bridgehead atoms. The van der Waals surface area contributed by atoms with Gasteiger partial charge in [0.2, 0.25) is 0 Å². The maximum Gasteiger partial charge on any atom is 0.0123 e. The van der Waals surface area contributed by atoms with Crippen molar-refractivity contribution in [1.82, 2.24) is 15.1 Å². The zero-order valence-electron chi connectivity index (χ0n) is 14.8.